The van der Waals surface area contributed by atoms with E-state index in [0.717, 1.165) is 0 Å². The van der Waals surface area contributed by atoms with Crippen molar-refractivity contribution in [3.63, 3.8) is 0 Å². The maximum atomic E-state index is 6.63. The Balaban J connectivity index is 2.46. The molecule has 90 valence electrons. The van der Waals surface area contributed by atoms with Crippen LogP contribution in [0.5, 0.6) is 0 Å². The molecule has 17 heavy (non-hydrogen) atoms. The van der Waals surface area contributed by atoms with Crippen LogP contribution in [0.4, 0.5) is 0 Å². The fourth-order valence-corrected chi connectivity index (χ4v) is 3.59. The van der Waals surface area contributed by atoms with E-state index in [1.807, 2.05) is 11.3 Å². The Morgan fingerprint density at radius 3 is 2.29 bits per heavy atom. The summed E-state index contributed by atoms with van der Waals surface area (Å²) in [6.45, 7) is 8.51. The van der Waals surface area contributed by atoms with Crippen LogP contribution in [-0.2, 0) is 0 Å². The first-order valence-electron chi connectivity index (χ1n) is 5.77. The summed E-state index contributed by atoms with van der Waals surface area (Å²) >= 11 is 8.45. The Labute approximate surface area is 112 Å². The van der Waals surface area contributed by atoms with Gasteiger partial charge in [0.2, 0.25) is 0 Å². The maximum absolute atomic E-state index is 6.63. The zero-order chi connectivity index (χ0) is 12.6. The lowest BCUT2D eigenvalue weighted by Gasteiger charge is -2.13. The molecule has 0 spiro atoms. The van der Waals surface area contributed by atoms with Crippen molar-refractivity contribution >= 4 is 22.9 Å². The van der Waals surface area contributed by atoms with Gasteiger partial charge >= 0.3 is 0 Å². The van der Waals surface area contributed by atoms with Crippen molar-refractivity contribution in [2.75, 3.05) is 0 Å². The molecule has 1 heterocycles. The van der Waals surface area contributed by atoms with E-state index in [2.05, 4.69) is 52.0 Å². The third kappa shape index (κ3) is 2.56. The first kappa shape index (κ1) is 12.7. The molecular weight excluding hydrogens is 248 g/mol. The highest BCUT2D eigenvalue weighted by Gasteiger charge is 2.17. The molecule has 0 amide bonds. The third-order valence-corrected chi connectivity index (χ3v) is 4.51. The predicted octanol–water partition coefficient (Wildman–Crippen LogP) is 5.31. The lowest BCUT2D eigenvalue weighted by Crippen LogP contribution is -1.97. The Morgan fingerprint density at radius 2 is 1.71 bits per heavy atom. The smallest absolute Gasteiger partial charge is 0.0848 e. The molecule has 2 heteroatoms. The number of rotatable bonds is 2. The van der Waals surface area contributed by atoms with E-state index in [4.69, 9.17) is 11.6 Å². The van der Waals surface area contributed by atoms with E-state index >= 15 is 0 Å². The lowest BCUT2D eigenvalue weighted by molar-refractivity contribution is 1.10. The van der Waals surface area contributed by atoms with Crippen molar-refractivity contribution < 1.29 is 0 Å². The minimum Gasteiger partial charge on any atom is -0.146 e. The van der Waals surface area contributed by atoms with Gasteiger partial charge in [-0.1, -0.05) is 23.8 Å². The average molecular weight is 265 g/mol. The summed E-state index contributed by atoms with van der Waals surface area (Å²) in [4.78, 5) is 2.65. The van der Waals surface area contributed by atoms with Crippen molar-refractivity contribution in [1.82, 2.24) is 0 Å². The number of hydrogen-bond donors (Lipinski definition) is 0. The highest BCUT2D eigenvalue weighted by Crippen LogP contribution is 2.36. The summed E-state index contributed by atoms with van der Waals surface area (Å²) in [6.07, 6.45) is 0. The van der Waals surface area contributed by atoms with Gasteiger partial charge in [0.25, 0.3) is 0 Å². The van der Waals surface area contributed by atoms with Gasteiger partial charge in [0.15, 0.2) is 0 Å². The number of benzene rings is 1. The lowest BCUT2D eigenvalue weighted by atomic mass is 9.98. The van der Waals surface area contributed by atoms with Gasteiger partial charge in [-0.15, -0.1) is 22.9 Å². The first-order valence-corrected chi connectivity index (χ1v) is 7.02. The van der Waals surface area contributed by atoms with Crippen molar-refractivity contribution in [2.24, 2.45) is 0 Å². The van der Waals surface area contributed by atoms with Crippen molar-refractivity contribution in [3.8, 4) is 0 Å². The van der Waals surface area contributed by atoms with Gasteiger partial charge in [-0.25, -0.2) is 0 Å². The van der Waals surface area contributed by atoms with Gasteiger partial charge < -0.3 is 0 Å². The van der Waals surface area contributed by atoms with Gasteiger partial charge in [-0.05, 0) is 50.5 Å². The van der Waals surface area contributed by atoms with Gasteiger partial charge in [0, 0.05) is 9.75 Å². The first-order chi connectivity index (χ1) is 7.99. The van der Waals surface area contributed by atoms with Gasteiger partial charge in [0.1, 0.15) is 0 Å². The zero-order valence-electron chi connectivity index (χ0n) is 10.7. The second-order valence-electron chi connectivity index (χ2n) is 4.59. The molecule has 0 saturated carbocycles. The Kier molecular flexibility index (Phi) is 3.60. The second-order valence-corrected chi connectivity index (χ2v) is 6.49. The monoisotopic (exact) mass is 264 g/mol. The van der Waals surface area contributed by atoms with E-state index in [-0.39, 0.29) is 5.38 Å². The van der Waals surface area contributed by atoms with Crippen LogP contribution in [0, 0.1) is 27.7 Å². The van der Waals surface area contributed by atoms with E-state index < -0.39 is 0 Å². The SMILES string of the molecule is Cc1ccc(C)c(C(Cl)c2cc(C)sc2C)c1. The molecular formula is C15H17ClS. The quantitative estimate of drug-likeness (QED) is 0.645. The molecule has 2 rings (SSSR count). The number of thiophene rings is 1. The molecule has 0 saturated heterocycles. The van der Waals surface area contributed by atoms with E-state index in [0.29, 0.717) is 0 Å². The summed E-state index contributed by atoms with van der Waals surface area (Å²) in [7, 11) is 0. The van der Waals surface area contributed by atoms with Crippen LogP contribution >= 0.6 is 22.9 Å². The number of aryl methyl sites for hydroxylation is 4. The molecule has 0 aliphatic carbocycles. The molecule has 0 bridgehead atoms. The molecule has 0 N–H and O–H groups in total. The molecule has 1 aromatic heterocycles. The van der Waals surface area contributed by atoms with Crippen LogP contribution in [0.2, 0.25) is 0 Å². The van der Waals surface area contributed by atoms with Crippen LogP contribution < -0.4 is 0 Å². The Hall–Kier alpha value is -0.790. The summed E-state index contributed by atoms with van der Waals surface area (Å²) in [5, 5.41) is -0.0279. The van der Waals surface area contributed by atoms with Crippen LogP contribution in [0.15, 0.2) is 24.3 Å². The Morgan fingerprint density at radius 1 is 1.00 bits per heavy atom. The van der Waals surface area contributed by atoms with Gasteiger partial charge in [-0.2, -0.15) is 0 Å². The fourth-order valence-electron chi connectivity index (χ4n) is 2.10. The Bertz CT molecular complexity index is 540. The molecule has 1 unspecified atom stereocenters. The van der Waals surface area contributed by atoms with Gasteiger partial charge in [0.05, 0.1) is 5.38 Å². The maximum Gasteiger partial charge on any atom is 0.0848 e. The van der Waals surface area contributed by atoms with Crippen LogP contribution in [0.1, 0.15) is 37.4 Å². The van der Waals surface area contributed by atoms with Crippen molar-refractivity contribution in [3.05, 3.63) is 56.3 Å². The predicted molar refractivity (Wildman–Crippen MR) is 77.4 cm³/mol. The largest absolute Gasteiger partial charge is 0.146 e. The third-order valence-electron chi connectivity index (χ3n) is 3.06. The normalized spacial score (nSPS) is 12.8. The minimum atomic E-state index is -0.0279. The van der Waals surface area contributed by atoms with Crippen LogP contribution in [-0.4, -0.2) is 0 Å². The number of halogens is 1. The molecule has 1 aromatic carbocycles. The van der Waals surface area contributed by atoms with Crippen LogP contribution in [0.3, 0.4) is 0 Å². The summed E-state index contributed by atoms with van der Waals surface area (Å²) in [5.41, 5.74) is 5.01. The second kappa shape index (κ2) is 4.83. The summed E-state index contributed by atoms with van der Waals surface area (Å²) in [6, 6.07) is 8.68. The number of alkyl halides is 1. The molecule has 0 fully saturated rings. The van der Waals surface area contributed by atoms with E-state index in [1.165, 1.54) is 32.0 Å². The highest BCUT2D eigenvalue weighted by molar-refractivity contribution is 7.12. The fraction of sp³-hybridized carbons (Fsp3) is 0.333. The average Bonchev–Trinajstić information content (AvgIpc) is 2.60. The summed E-state index contributed by atoms with van der Waals surface area (Å²) < 4.78 is 0. The summed E-state index contributed by atoms with van der Waals surface area (Å²) in [5.74, 6) is 0. The molecule has 2 aromatic rings. The van der Waals surface area contributed by atoms with E-state index in [1.54, 1.807) is 0 Å². The van der Waals surface area contributed by atoms with E-state index in [9.17, 15) is 0 Å². The standard InChI is InChI=1S/C15H17ClS/c1-9-5-6-10(2)13(7-9)15(16)14-8-11(3)17-12(14)4/h5-8,15H,1-4H3. The highest BCUT2D eigenvalue weighted by atomic mass is 35.5. The molecule has 1 atom stereocenters. The van der Waals surface area contributed by atoms with Crippen molar-refractivity contribution in [2.45, 2.75) is 33.1 Å². The molecule has 0 aliphatic heterocycles. The van der Waals surface area contributed by atoms with Crippen LogP contribution in [0.25, 0.3) is 0 Å². The molecule has 0 nitrogen and oxygen atoms in total. The molecule has 0 aliphatic rings. The van der Waals surface area contributed by atoms with Crippen molar-refractivity contribution in [1.29, 1.82) is 0 Å². The number of hydrogen-bond acceptors (Lipinski definition) is 1. The zero-order valence-corrected chi connectivity index (χ0v) is 12.2. The topological polar surface area (TPSA) is 0 Å². The van der Waals surface area contributed by atoms with Gasteiger partial charge in [-0.3, -0.25) is 0 Å². The minimum absolute atomic E-state index is 0.0279. The molecule has 0 radical (unpaired) electrons.